The van der Waals surface area contributed by atoms with Crippen LogP contribution in [0.4, 0.5) is 0 Å². The maximum absolute atomic E-state index is 12.0. The third kappa shape index (κ3) is 4.83. The minimum Gasteiger partial charge on any atom is -0.463 e. The normalized spacial score (nSPS) is 21.8. The van der Waals surface area contributed by atoms with E-state index in [4.69, 9.17) is 20.6 Å². The number of nitrogens with zero attached hydrogens (tertiary/aromatic N) is 1. The van der Waals surface area contributed by atoms with Crippen molar-refractivity contribution >= 4 is 11.9 Å². The standard InChI is InChI=1S/C17H20N2O7/c1-4-5-6-15(21)24-9-13-12(25-11(3)20)7-14(26-13)19-8-10(2)16(22)18-17(19)23/h1,8,12-14H,5-7,9H2,2-3H3,(H,18,22,23)/t12-,13-,14-/m1/s1. The van der Waals surface area contributed by atoms with Gasteiger partial charge in [0.15, 0.2) is 0 Å². The number of aromatic amines is 1. The first kappa shape index (κ1) is 19.5. The molecule has 0 spiro atoms. The Morgan fingerprint density at radius 1 is 1.46 bits per heavy atom. The zero-order valence-corrected chi connectivity index (χ0v) is 14.5. The quantitative estimate of drug-likeness (QED) is 0.559. The number of hydrogen-bond acceptors (Lipinski definition) is 7. The van der Waals surface area contributed by atoms with Crippen LogP contribution in [0.1, 0.15) is 38.0 Å². The molecule has 2 heterocycles. The molecular formula is C17H20N2O7. The van der Waals surface area contributed by atoms with Gasteiger partial charge in [-0.25, -0.2) is 4.79 Å². The Morgan fingerprint density at radius 3 is 2.85 bits per heavy atom. The van der Waals surface area contributed by atoms with Crippen LogP contribution in [0, 0.1) is 19.3 Å². The summed E-state index contributed by atoms with van der Waals surface area (Å²) in [4.78, 5) is 48.6. The highest BCUT2D eigenvalue weighted by molar-refractivity contribution is 5.69. The number of aromatic nitrogens is 2. The lowest BCUT2D eigenvalue weighted by Crippen LogP contribution is -2.33. The Balaban J connectivity index is 2.13. The number of terminal acetylenes is 1. The van der Waals surface area contributed by atoms with Crippen LogP contribution >= 0.6 is 0 Å². The van der Waals surface area contributed by atoms with Crippen molar-refractivity contribution in [1.29, 1.82) is 0 Å². The highest BCUT2D eigenvalue weighted by atomic mass is 16.6. The van der Waals surface area contributed by atoms with Gasteiger partial charge < -0.3 is 14.2 Å². The lowest BCUT2D eigenvalue weighted by Gasteiger charge is -2.18. The van der Waals surface area contributed by atoms with E-state index in [2.05, 4.69) is 10.9 Å². The van der Waals surface area contributed by atoms with Crippen molar-refractivity contribution in [3.63, 3.8) is 0 Å². The van der Waals surface area contributed by atoms with Crippen molar-refractivity contribution in [3.8, 4) is 12.3 Å². The van der Waals surface area contributed by atoms with Crippen LogP contribution in [-0.2, 0) is 23.8 Å². The zero-order valence-electron chi connectivity index (χ0n) is 14.5. The van der Waals surface area contributed by atoms with Gasteiger partial charge in [-0.15, -0.1) is 12.3 Å². The predicted molar refractivity (Wildman–Crippen MR) is 89.2 cm³/mol. The molecule has 3 atom stereocenters. The van der Waals surface area contributed by atoms with Gasteiger partial charge in [0.25, 0.3) is 5.56 Å². The minimum atomic E-state index is -0.767. The predicted octanol–water partition coefficient (Wildman–Crippen LogP) is 0.0208. The molecule has 1 aliphatic rings. The summed E-state index contributed by atoms with van der Waals surface area (Å²) in [5.41, 5.74) is -0.792. The van der Waals surface area contributed by atoms with Gasteiger partial charge in [-0.2, -0.15) is 0 Å². The minimum absolute atomic E-state index is 0.0729. The second-order valence-electron chi connectivity index (χ2n) is 5.88. The van der Waals surface area contributed by atoms with Gasteiger partial charge in [-0.3, -0.25) is 23.9 Å². The number of nitrogens with one attached hydrogen (secondary N) is 1. The summed E-state index contributed by atoms with van der Waals surface area (Å²) in [6, 6.07) is 0. The van der Waals surface area contributed by atoms with E-state index in [9.17, 15) is 19.2 Å². The molecule has 2 rings (SSSR count). The fraction of sp³-hybridized carbons (Fsp3) is 0.529. The number of hydrogen-bond donors (Lipinski definition) is 1. The number of rotatable bonds is 6. The molecule has 0 unspecified atom stereocenters. The maximum Gasteiger partial charge on any atom is 0.330 e. The number of ether oxygens (including phenoxy) is 3. The second-order valence-corrected chi connectivity index (χ2v) is 5.88. The molecule has 1 aromatic heterocycles. The van der Waals surface area contributed by atoms with E-state index in [-0.39, 0.29) is 25.9 Å². The van der Waals surface area contributed by atoms with Crippen LogP contribution in [0.3, 0.4) is 0 Å². The number of esters is 2. The van der Waals surface area contributed by atoms with E-state index in [1.54, 1.807) is 6.92 Å². The van der Waals surface area contributed by atoms with Crippen molar-refractivity contribution in [2.24, 2.45) is 0 Å². The Bertz CT molecular complexity index is 833. The topological polar surface area (TPSA) is 117 Å². The van der Waals surface area contributed by atoms with Crippen molar-refractivity contribution in [2.45, 2.75) is 51.5 Å². The zero-order chi connectivity index (χ0) is 19.3. The smallest absolute Gasteiger partial charge is 0.330 e. The van der Waals surface area contributed by atoms with Gasteiger partial charge in [-0.05, 0) is 6.92 Å². The first-order chi connectivity index (χ1) is 12.3. The van der Waals surface area contributed by atoms with E-state index in [0.29, 0.717) is 5.56 Å². The van der Waals surface area contributed by atoms with Crippen LogP contribution in [0.2, 0.25) is 0 Å². The molecule has 0 saturated carbocycles. The maximum atomic E-state index is 12.0. The molecule has 1 aliphatic heterocycles. The number of H-pyrrole nitrogens is 1. The van der Waals surface area contributed by atoms with Crippen molar-refractivity contribution in [2.75, 3.05) is 6.61 Å². The average molecular weight is 364 g/mol. The lowest BCUT2D eigenvalue weighted by atomic mass is 10.2. The average Bonchev–Trinajstić information content (AvgIpc) is 2.96. The van der Waals surface area contributed by atoms with E-state index >= 15 is 0 Å². The molecule has 1 saturated heterocycles. The first-order valence-corrected chi connectivity index (χ1v) is 8.05. The number of carbonyl (C=O) groups is 2. The molecule has 1 N–H and O–H groups in total. The Kier molecular flexibility index (Phi) is 6.36. The Labute approximate surface area is 149 Å². The molecule has 0 radical (unpaired) electrons. The molecule has 140 valence electrons. The van der Waals surface area contributed by atoms with Gasteiger partial charge in [0.1, 0.15) is 25.0 Å². The molecule has 26 heavy (non-hydrogen) atoms. The fourth-order valence-electron chi connectivity index (χ4n) is 2.58. The Morgan fingerprint density at radius 2 is 2.19 bits per heavy atom. The van der Waals surface area contributed by atoms with Crippen LogP contribution in [0.5, 0.6) is 0 Å². The van der Waals surface area contributed by atoms with Gasteiger partial charge in [0, 0.05) is 31.5 Å². The SMILES string of the molecule is C#CCCC(=O)OC[C@H]1O[C@@H](n2cc(C)c(=O)[nH]c2=O)C[C@H]1OC(C)=O. The van der Waals surface area contributed by atoms with Crippen molar-refractivity contribution < 1.29 is 23.8 Å². The summed E-state index contributed by atoms with van der Waals surface area (Å²) >= 11 is 0. The molecule has 1 fully saturated rings. The summed E-state index contributed by atoms with van der Waals surface area (Å²) in [7, 11) is 0. The van der Waals surface area contributed by atoms with Gasteiger partial charge in [0.05, 0.1) is 6.42 Å². The molecule has 9 nitrogen and oxygen atoms in total. The first-order valence-electron chi connectivity index (χ1n) is 8.05. The van der Waals surface area contributed by atoms with Gasteiger partial charge in [0.2, 0.25) is 0 Å². The molecular weight excluding hydrogens is 344 g/mol. The second kappa shape index (κ2) is 8.49. The van der Waals surface area contributed by atoms with E-state index in [1.165, 1.54) is 17.7 Å². The monoisotopic (exact) mass is 364 g/mol. The largest absolute Gasteiger partial charge is 0.463 e. The molecule has 9 heteroatoms. The van der Waals surface area contributed by atoms with Gasteiger partial charge in [-0.1, -0.05) is 0 Å². The third-order valence-corrected chi connectivity index (χ3v) is 3.84. The molecule has 0 bridgehead atoms. The van der Waals surface area contributed by atoms with Crippen molar-refractivity contribution in [3.05, 3.63) is 32.6 Å². The van der Waals surface area contributed by atoms with Crippen LogP contribution < -0.4 is 11.2 Å². The van der Waals surface area contributed by atoms with E-state index in [1.807, 2.05) is 0 Å². The molecule has 0 aromatic carbocycles. The highest BCUT2D eigenvalue weighted by Crippen LogP contribution is 2.30. The van der Waals surface area contributed by atoms with Crippen molar-refractivity contribution in [1.82, 2.24) is 9.55 Å². The fourth-order valence-corrected chi connectivity index (χ4v) is 2.58. The van der Waals surface area contributed by atoms with Gasteiger partial charge >= 0.3 is 17.6 Å². The van der Waals surface area contributed by atoms with Crippen LogP contribution in [0.15, 0.2) is 15.8 Å². The summed E-state index contributed by atoms with van der Waals surface area (Å²) < 4.78 is 17.3. The molecule has 1 aromatic rings. The van der Waals surface area contributed by atoms with E-state index in [0.717, 1.165) is 0 Å². The summed E-state index contributed by atoms with van der Waals surface area (Å²) in [5.74, 6) is 1.33. The number of carbonyl (C=O) groups excluding carboxylic acids is 2. The Hall–Kier alpha value is -2.86. The summed E-state index contributed by atoms with van der Waals surface area (Å²) in [6.45, 7) is 2.66. The van der Waals surface area contributed by atoms with Crippen LogP contribution in [-0.4, -0.2) is 40.3 Å². The summed E-state index contributed by atoms with van der Waals surface area (Å²) in [6.07, 6.45) is 4.77. The molecule has 0 amide bonds. The lowest BCUT2D eigenvalue weighted by molar-refractivity contribution is -0.156. The van der Waals surface area contributed by atoms with E-state index < -0.39 is 41.6 Å². The van der Waals surface area contributed by atoms with Crippen LogP contribution in [0.25, 0.3) is 0 Å². The third-order valence-electron chi connectivity index (χ3n) is 3.84. The number of aryl methyl sites for hydroxylation is 1. The highest BCUT2D eigenvalue weighted by Gasteiger charge is 2.39. The molecule has 0 aliphatic carbocycles. The summed E-state index contributed by atoms with van der Waals surface area (Å²) in [5, 5.41) is 0.